The van der Waals surface area contributed by atoms with Crippen LogP contribution in [0.1, 0.15) is 15.9 Å². The number of nitrogens with two attached hydrogens (primary N) is 1. The van der Waals surface area contributed by atoms with Crippen molar-refractivity contribution in [3.8, 4) is 5.75 Å². The molecular formula is C14H10Cl4N2O2. The number of amides is 1. The molecule has 2 aromatic carbocycles. The summed E-state index contributed by atoms with van der Waals surface area (Å²) in [5.41, 5.74) is 5.64. The lowest BCUT2D eigenvalue weighted by Gasteiger charge is -2.00. The van der Waals surface area contributed by atoms with Crippen LogP contribution >= 0.6 is 46.4 Å². The van der Waals surface area contributed by atoms with Gasteiger partial charge in [-0.3, -0.25) is 4.79 Å². The summed E-state index contributed by atoms with van der Waals surface area (Å²) in [5.74, 6) is -0.638. The number of rotatable bonds is 2. The van der Waals surface area contributed by atoms with Crippen molar-refractivity contribution in [1.29, 1.82) is 5.41 Å². The molecule has 0 heterocycles. The van der Waals surface area contributed by atoms with E-state index in [-0.39, 0.29) is 10.8 Å². The number of phenols is 1. The number of carbonyl (C=O) groups excluding carboxylic acids is 1. The second kappa shape index (κ2) is 8.25. The lowest BCUT2D eigenvalue weighted by molar-refractivity contribution is 0.100. The first-order valence-corrected chi connectivity index (χ1v) is 7.20. The zero-order chi connectivity index (χ0) is 16.9. The van der Waals surface area contributed by atoms with Crippen LogP contribution in [-0.4, -0.2) is 17.2 Å². The lowest BCUT2D eigenvalue weighted by atomic mass is 10.2. The molecule has 0 fully saturated rings. The number of primary amides is 1. The molecule has 2 rings (SSSR count). The standard InChI is InChI=1S/2C7H5Cl2NO/c8-5-1-4(3-10)7(11)6(9)2-5;8-5-1-4(7(10)11)2-6(9)3-5/h1-3,10-11H;1-3H,(H2,10,11). The monoisotopic (exact) mass is 378 g/mol. The molecule has 0 atom stereocenters. The fourth-order valence-corrected chi connectivity index (χ4v) is 2.43. The van der Waals surface area contributed by atoms with Crippen LogP contribution in [0, 0.1) is 5.41 Å². The first kappa shape index (κ1) is 18.6. The fourth-order valence-electron chi connectivity index (χ4n) is 1.39. The van der Waals surface area contributed by atoms with Crippen molar-refractivity contribution in [2.75, 3.05) is 0 Å². The molecule has 0 aliphatic carbocycles. The van der Waals surface area contributed by atoms with Gasteiger partial charge < -0.3 is 16.2 Å². The molecule has 8 heteroatoms. The van der Waals surface area contributed by atoms with Gasteiger partial charge in [0.1, 0.15) is 5.75 Å². The number of hydrogen-bond donors (Lipinski definition) is 3. The Labute approximate surface area is 146 Å². The van der Waals surface area contributed by atoms with Gasteiger partial charge in [0, 0.05) is 32.4 Å². The highest BCUT2D eigenvalue weighted by molar-refractivity contribution is 6.36. The summed E-state index contributed by atoms with van der Waals surface area (Å²) < 4.78 is 0. The fraction of sp³-hybridized carbons (Fsp3) is 0. The van der Waals surface area contributed by atoms with E-state index in [1.54, 1.807) is 0 Å². The summed E-state index contributed by atoms with van der Waals surface area (Å²) in [4.78, 5) is 10.6. The Bertz CT molecular complexity index is 700. The van der Waals surface area contributed by atoms with Crippen molar-refractivity contribution in [1.82, 2.24) is 0 Å². The Hall–Kier alpha value is -1.46. The first-order valence-electron chi connectivity index (χ1n) is 5.69. The van der Waals surface area contributed by atoms with Gasteiger partial charge in [0.2, 0.25) is 5.91 Å². The summed E-state index contributed by atoms with van der Waals surface area (Å²) in [5, 5.41) is 17.4. The van der Waals surface area contributed by atoms with Crippen LogP contribution in [0.4, 0.5) is 0 Å². The third-order valence-corrected chi connectivity index (χ3v) is 3.30. The molecule has 0 radical (unpaired) electrons. The number of phenolic OH excluding ortho intramolecular Hbond substituents is 1. The Kier molecular flexibility index (Phi) is 6.97. The third-order valence-electron chi connectivity index (χ3n) is 2.36. The van der Waals surface area contributed by atoms with Crippen LogP contribution in [0.25, 0.3) is 0 Å². The van der Waals surface area contributed by atoms with E-state index in [1.807, 2.05) is 0 Å². The van der Waals surface area contributed by atoms with Crippen molar-refractivity contribution in [2.24, 2.45) is 5.73 Å². The van der Waals surface area contributed by atoms with Gasteiger partial charge in [-0.25, -0.2) is 0 Å². The molecule has 0 aliphatic heterocycles. The maximum Gasteiger partial charge on any atom is 0.248 e. The van der Waals surface area contributed by atoms with Crippen molar-refractivity contribution in [2.45, 2.75) is 0 Å². The Balaban J connectivity index is 0.000000220. The SMILES string of the molecule is N=Cc1cc(Cl)cc(Cl)c1O.NC(=O)c1cc(Cl)cc(Cl)c1. The molecule has 0 spiro atoms. The quantitative estimate of drug-likeness (QED) is 0.655. The van der Waals surface area contributed by atoms with E-state index >= 15 is 0 Å². The van der Waals surface area contributed by atoms with Crippen LogP contribution in [-0.2, 0) is 0 Å². The number of aromatic hydroxyl groups is 1. The highest BCUT2D eigenvalue weighted by Crippen LogP contribution is 2.29. The maximum atomic E-state index is 10.6. The van der Waals surface area contributed by atoms with Gasteiger partial charge in [-0.2, -0.15) is 0 Å². The maximum absolute atomic E-state index is 10.6. The summed E-state index contributed by atoms with van der Waals surface area (Å²) in [7, 11) is 0. The zero-order valence-corrected chi connectivity index (χ0v) is 13.9. The van der Waals surface area contributed by atoms with E-state index in [0.717, 1.165) is 6.21 Å². The normalized spacial score (nSPS) is 9.64. The molecule has 0 bridgehead atoms. The largest absolute Gasteiger partial charge is 0.506 e. The minimum atomic E-state index is -0.533. The van der Waals surface area contributed by atoms with Crippen molar-refractivity contribution in [3.63, 3.8) is 0 Å². The van der Waals surface area contributed by atoms with E-state index in [4.69, 9.17) is 57.5 Å². The van der Waals surface area contributed by atoms with E-state index in [1.165, 1.54) is 30.3 Å². The van der Waals surface area contributed by atoms with Crippen LogP contribution < -0.4 is 5.73 Å². The molecule has 0 aliphatic rings. The minimum absolute atomic E-state index is 0.105. The molecule has 4 N–H and O–H groups in total. The van der Waals surface area contributed by atoms with E-state index in [0.29, 0.717) is 26.2 Å². The molecule has 0 aromatic heterocycles. The van der Waals surface area contributed by atoms with Crippen LogP contribution in [0.3, 0.4) is 0 Å². The van der Waals surface area contributed by atoms with Gasteiger partial charge in [-0.15, -0.1) is 0 Å². The third kappa shape index (κ3) is 5.39. The van der Waals surface area contributed by atoms with Gasteiger partial charge in [0.25, 0.3) is 0 Å². The van der Waals surface area contributed by atoms with Gasteiger partial charge in [0.05, 0.1) is 5.02 Å². The Morgan fingerprint density at radius 3 is 1.95 bits per heavy atom. The highest BCUT2D eigenvalue weighted by Gasteiger charge is 2.04. The van der Waals surface area contributed by atoms with Crippen LogP contribution in [0.15, 0.2) is 30.3 Å². The van der Waals surface area contributed by atoms with Gasteiger partial charge in [-0.05, 0) is 30.3 Å². The van der Waals surface area contributed by atoms with E-state index in [2.05, 4.69) is 0 Å². The topological polar surface area (TPSA) is 87.2 Å². The smallest absolute Gasteiger partial charge is 0.248 e. The van der Waals surface area contributed by atoms with Gasteiger partial charge in [-0.1, -0.05) is 46.4 Å². The number of nitrogens with one attached hydrogen (secondary N) is 1. The number of benzene rings is 2. The molecule has 116 valence electrons. The van der Waals surface area contributed by atoms with E-state index in [9.17, 15) is 9.90 Å². The predicted molar refractivity (Wildman–Crippen MR) is 91.0 cm³/mol. The van der Waals surface area contributed by atoms with Crippen LogP contribution in [0.5, 0.6) is 5.75 Å². The highest BCUT2D eigenvalue weighted by atomic mass is 35.5. The molecule has 22 heavy (non-hydrogen) atoms. The number of carbonyl (C=O) groups is 1. The van der Waals surface area contributed by atoms with Crippen molar-refractivity contribution >= 4 is 58.5 Å². The van der Waals surface area contributed by atoms with Gasteiger partial charge in [0.15, 0.2) is 0 Å². The average Bonchev–Trinajstić information content (AvgIpc) is 2.42. The van der Waals surface area contributed by atoms with E-state index < -0.39 is 5.91 Å². The number of hydrogen-bond acceptors (Lipinski definition) is 3. The summed E-state index contributed by atoms with van der Waals surface area (Å²) in [6, 6.07) is 7.36. The molecule has 1 amide bonds. The molecule has 4 nitrogen and oxygen atoms in total. The summed E-state index contributed by atoms with van der Waals surface area (Å²) in [6.45, 7) is 0. The second-order valence-corrected chi connectivity index (χ2v) is 5.71. The minimum Gasteiger partial charge on any atom is -0.506 e. The zero-order valence-electron chi connectivity index (χ0n) is 10.9. The van der Waals surface area contributed by atoms with Crippen molar-refractivity contribution in [3.05, 3.63) is 61.5 Å². The molecule has 2 aromatic rings. The van der Waals surface area contributed by atoms with Gasteiger partial charge >= 0.3 is 0 Å². The van der Waals surface area contributed by atoms with Crippen LogP contribution in [0.2, 0.25) is 20.1 Å². The molecule has 0 unspecified atom stereocenters. The molecule has 0 saturated carbocycles. The van der Waals surface area contributed by atoms with Crippen molar-refractivity contribution < 1.29 is 9.90 Å². The lowest BCUT2D eigenvalue weighted by Crippen LogP contribution is -2.10. The predicted octanol–water partition coefficient (Wildman–Crippen LogP) is 4.79. The average molecular weight is 380 g/mol. The Morgan fingerprint density at radius 1 is 1.00 bits per heavy atom. The Morgan fingerprint density at radius 2 is 1.50 bits per heavy atom. The summed E-state index contributed by atoms with van der Waals surface area (Å²) >= 11 is 22.4. The first-order chi connectivity index (χ1) is 10.2. The second-order valence-electron chi connectivity index (χ2n) is 3.99. The number of halogens is 4. The summed E-state index contributed by atoms with van der Waals surface area (Å²) in [6.07, 6.45) is 0.993. The molecular weight excluding hydrogens is 370 g/mol. The molecule has 0 saturated heterocycles.